The predicted octanol–water partition coefficient (Wildman–Crippen LogP) is 1.21. The molecule has 0 aromatic heterocycles. The van der Waals surface area contributed by atoms with Crippen molar-refractivity contribution >= 4 is 8.53 Å². The van der Waals surface area contributed by atoms with Gasteiger partial charge in [0.15, 0.2) is 0 Å². The molecule has 9 heavy (non-hydrogen) atoms. The molecule has 2 atom stereocenters. The van der Waals surface area contributed by atoms with Crippen LogP contribution < -0.4 is 0 Å². The fourth-order valence-corrected chi connectivity index (χ4v) is 1.78. The molecule has 1 aliphatic rings. The minimum atomic E-state index is -0.710. The van der Waals surface area contributed by atoms with Gasteiger partial charge in [0.1, 0.15) is 0 Å². The van der Waals surface area contributed by atoms with E-state index in [-0.39, 0.29) is 6.10 Å². The van der Waals surface area contributed by atoms with Gasteiger partial charge in [-0.1, -0.05) is 0 Å². The Kier molecular flexibility index (Phi) is 2.42. The molecule has 1 heterocycles. The monoisotopic (exact) mass is 149 g/mol. The third-order valence-electron chi connectivity index (χ3n) is 1.02. The van der Waals surface area contributed by atoms with E-state index in [0.29, 0.717) is 0 Å². The topological polar surface area (TPSA) is 21.7 Å². The summed E-state index contributed by atoms with van der Waals surface area (Å²) in [5.41, 5.74) is 0. The summed E-state index contributed by atoms with van der Waals surface area (Å²) in [6.45, 7) is 2.76. The Morgan fingerprint density at radius 1 is 1.56 bits per heavy atom. The van der Waals surface area contributed by atoms with Crippen molar-refractivity contribution in [1.29, 1.82) is 0 Å². The van der Waals surface area contributed by atoms with E-state index in [2.05, 4.69) is 0 Å². The average molecular weight is 149 g/mol. The van der Waals surface area contributed by atoms with Gasteiger partial charge in [0.2, 0.25) is 0 Å². The molecule has 0 unspecified atom stereocenters. The second-order valence-corrected chi connectivity index (χ2v) is 4.04. The molecule has 0 aromatic carbocycles. The van der Waals surface area contributed by atoms with Crippen molar-refractivity contribution < 1.29 is 9.05 Å². The molecule has 54 valence electrons. The molecule has 0 saturated carbocycles. The van der Waals surface area contributed by atoms with Crippen LogP contribution in [0.4, 0.5) is 0 Å². The molecule has 0 radical (unpaired) electrons. The lowest BCUT2D eigenvalue weighted by Gasteiger charge is -2.14. The minimum absolute atomic E-state index is 0.276. The molecule has 1 fully saturated rings. The van der Waals surface area contributed by atoms with Gasteiger partial charge in [0.05, 0.1) is 12.7 Å². The molecule has 1 saturated heterocycles. The molecular formula is C5H12NO2P. The Morgan fingerprint density at radius 2 is 2.22 bits per heavy atom. The molecule has 0 N–H and O–H groups in total. The first-order valence-corrected chi connectivity index (χ1v) is 4.10. The molecule has 1 aliphatic heterocycles. The lowest BCUT2D eigenvalue weighted by molar-refractivity contribution is 0.259. The highest BCUT2D eigenvalue weighted by Crippen LogP contribution is 2.46. The van der Waals surface area contributed by atoms with Crippen LogP contribution in [0.15, 0.2) is 0 Å². The summed E-state index contributed by atoms with van der Waals surface area (Å²) in [6, 6.07) is 0. The Morgan fingerprint density at radius 3 is 2.44 bits per heavy atom. The number of hydrogen-bond acceptors (Lipinski definition) is 3. The highest BCUT2D eigenvalue weighted by atomic mass is 31.2. The second kappa shape index (κ2) is 2.93. The normalized spacial score (nSPS) is 36.0. The summed E-state index contributed by atoms with van der Waals surface area (Å²) in [4.78, 5) is 0. The van der Waals surface area contributed by atoms with Crippen molar-refractivity contribution in [1.82, 2.24) is 4.67 Å². The molecule has 0 aromatic rings. The standard InChI is InChI=1S/C5H12NO2P/c1-5-4-7-9(8-5)6(2)3/h5H,4H2,1-3H3/t5-,9-/m0/s1. The van der Waals surface area contributed by atoms with Crippen molar-refractivity contribution in [2.45, 2.75) is 13.0 Å². The summed E-state index contributed by atoms with van der Waals surface area (Å²) in [6.07, 6.45) is 0.276. The molecule has 3 nitrogen and oxygen atoms in total. The first-order chi connectivity index (χ1) is 4.20. The maximum atomic E-state index is 5.39. The van der Waals surface area contributed by atoms with Gasteiger partial charge in [-0.25, -0.2) is 4.67 Å². The summed E-state index contributed by atoms with van der Waals surface area (Å²) in [5, 5.41) is 0. The molecule has 4 heteroatoms. The van der Waals surface area contributed by atoms with Crippen molar-refractivity contribution in [3.8, 4) is 0 Å². The van der Waals surface area contributed by atoms with Crippen molar-refractivity contribution in [2.75, 3.05) is 20.7 Å². The van der Waals surface area contributed by atoms with Crippen molar-refractivity contribution in [3.05, 3.63) is 0 Å². The van der Waals surface area contributed by atoms with Crippen LogP contribution in [0.2, 0.25) is 0 Å². The third kappa shape index (κ3) is 1.87. The van der Waals surface area contributed by atoms with Gasteiger partial charge in [-0.05, 0) is 21.0 Å². The van der Waals surface area contributed by atoms with Gasteiger partial charge in [-0.15, -0.1) is 0 Å². The number of hydrogen-bond donors (Lipinski definition) is 0. The van der Waals surface area contributed by atoms with Gasteiger partial charge in [0.25, 0.3) is 8.53 Å². The van der Waals surface area contributed by atoms with E-state index >= 15 is 0 Å². The zero-order valence-electron chi connectivity index (χ0n) is 6.00. The van der Waals surface area contributed by atoms with Crippen molar-refractivity contribution in [3.63, 3.8) is 0 Å². The fourth-order valence-electron chi connectivity index (χ4n) is 0.593. The summed E-state index contributed by atoms with van der Waals surface area (Å²) in [7, 11) is 3.21. The summed E-state index contributed by atoms with van der Waals surface area (Å²) >= 11 is 0. The van der Waals surface area contributed by atoms with Crippen LogP contribution in [0.3, 0.4) is 0 Å². The average Bonchev–Trinajstić information content (AvgIpc) is 2.14. The Labute approximate surface area is 56.9 Å². The van der Waals surface area contributed by atoms with E-state index in [4.69, 9.17) is 9.05 Å². The van der Waals surface area contributed by atoms with E-state index in [1.165, 1.54) is 0 Å². The van der Waals surface area contributed by atoms with Crippen LogP contribution in [-0.4, -0.2) is 31.5 Å². The van der Waals surface area contributed by atoms with Gasteiger partial charge in [-0.2, -0.15) is 0 Å². The zero-order chi connectivity index (χ0) is 6.85. The Bertz CT molecular complexity index is 99.0. The molecule has 0 bridgehead atoms. The lowest BCUT2D eigenvalue weighted by Crippen LogP contribution is -2.04. The van der Waals surface area contributed by atoms with Gasteiger partial charge in [-0.3, -0.25) is 0 Å². The van der Waals surface area contributed by atoms with Crippen molar-refractivity contribution in [2.24, 2.45) is 0 Å². The van der Waals surface area contributed by atoms with Crippen LogP contribution >= 0.6 is 8.53 Å². The first kappa shape index (κ1) is 7.42. The van der Waals surface area contributed by atoms with E-state index in [1.54, 1.807) is 0 Å². The maximum Gasteiger partial charge on any atom is 0.258 e. The molecule has 0 amide bonds. The van der Waals surface area contributed by atoms with E-state index in [9.17, 15) is 0 Å². The highest BCUT2D eigenvalue weighted by Gasteiger charge is 2.25. The van der Waals surface area contributed by atoms with Crippen LogP contribution in [0.25, 0.3) is 0 Å². The predicted molar refractivity (Wildman–Crippen MR) is 37.1 cm³/mol. The summed E-state index contributed by atoms with van der Waals surface area (Å²) < 4.78 is 12.7. The van der Waals surface area contributed by atoms with Crippen LogP contribution in [-0.2, 0) is 9.05 Å². The SMILES string of the molecule is C[C@H]1CO[P@](N(C)C)O1. The molecule has 0 spiro atoms. The second-order valence-electron chi connectivity index (χ2n) is 2.30. The smallest absolute Gasteiger partial charge is 0.258 e. The van der Waals surface area contributed by atoms with Crippen LogP contribution in [0.5, 0.6) is 0 Å². The van der Waals surface area contributed by atoms with E-state index in [1.807, 2.05) is 25.7 Å². The number of rotatable bonds is 1. The van der Waals surface area contributed by atoms with Gasteiger partial charge < -0.3 is 9.05 Å². The lowest BCUT2D eigenvalue weighted by atomic mass is 10.5. The third-order valence-corrected chi connectivity index (χ3v) is 2.58. The van der Waals surface area contributed by atoms with Crippen LogP contribution in [0, 0.1) is 0 Å². The summed E-state index contributed by atoms with van der Waals surface area (Å²) in [5.74, 6) is 0. The fraction of sp³-hybridized carbons (Fsp3) is 1.00. The van der Waals surface area contributed by atoms with Gasteiger partial charge in [0, 0.05) is 0 Å². The Balaban J connectivity index is 2.30. The zero-order valence-corrected chi connectivity index (χ0v) is 6.89. The Hall–Kier alpha value is 0.310. The maximum absolute atomic E-state index is 5.39. The molecular weight excluding hydrogens is 137 g/mol. The minimum Gasteiger partial charge on any atom is -0.319 e. The van der Waals surface area contributed by atoms with Crippen LogP contribution in [0.1, 0.15) is 6.92 Å². The number of nitrogens with zero attached hydrogens (tertiary/aromatic N) is 1. The van der Waals surface area contributed by atoms with Gasteiger partial charge >= 0.3 is 0 Å². The molecule has 1 rings (SSSR count). The quantitative estimate of drug-likeness (QED) is 0.523. The van der Waals surface area contributed by atoms with E-state index in [0.717, 1.165) is 6.61 Å². The molecule has 0 aliphatic carbocycles. The first-order valence-electron chi connectivity index (χ1n) is 2.97. The largest absolute Gasteiger partial charge is 0.319 e. The van der Waals surface area contributed by atoms with E-state index < -0.39 is 8.53 Å². The highest BCUT2D eigenvalue weighted by molar-refractivity contribution is 7.44.